The van der Waals surface area contributed by atoms with E-state index in [0.717, 1.165) is 11.1 Å². The number of carbonyl (C=O) groups is 2. The number of rotatable bonds is 3. The molecule has 0 bridgehead atoms. The first-order valence-electron chi connectivity index (χ1n) is 4.43. The Bertz CT molecular complexity index is 402. The predicted octanol–water partition coefficient (Wildman–Crippen LogP) is 0.513. The Balaban J connectivity index is 2.94. The van der Waals surface area contributed by atoms with Crippen LogP contribution in [-0.2, 0) is 11.2 Å². The van der Waals surface area contributed by atoms with Gasteiger partial charge >= 0.3 is 6.03 Å². The summed E-state index contributed by atoms with van der Waals surface area (Å²) in [6.07, 6.45) is 0.153. The Morgan fingerprint density at radius 1 is 1.33 bits per heavy atom. The van der Waals surface area contributed by atoms with E-state index in [2.05, 4.69) is 5.32 Å². The summed E-state index contributed by atoms with van der Waals surface area (Å²) in [7, 11) is 0. The van der Waals surface area contributed by atoms with Gasteiger partial charge in [-0.25, -0.2) is 4.79 Å². The van der Waals surface area contributed by atoms with Crippen molar-refractivity contribution in [2.24, 2.45) is 11.5 Å². The molecule has 1 aromatic rings. The van der Waals surface area contributed by atoms with E-state index < -0.39 is 11.9 Å². The lowest BCUT2D eigenvalue weighted by Gasteiger charge is -2.07. The van der Waals surface area contributed by atoms with E-state index >= 15 is 0 Å². The molecule has 0 spiro atoms. The second-order valence-corrected chi connectivity index (χ2v) is 3.27. The summed E-state index contributed by atoms with van der Waals surface area (Å²) in [5.41, 5.74) is 12.4. The van der Waals surface area contributed by atoms with E-state index in [1.54, 1.807) is 18.2 Å². The van der Waals surface area contributed by atoms with E-state index in [1.807, 2.05) is 6.92 Å². The van der Waals surface area contributed by atoms with Crippen LogP contribution >= 0.6 is 0 Å². The lowest BCUT2D eigenvalue weighted by molar-refractivity contribution is -0.117. The molecule has 5 heteroatoms. The third-order valence-electron chi connectivity index (χ3n) is 1.98. The Kier molecular flexibility index (Phi) is 3.28. The van der Waals surface area contributed by atoms with Gasteiger partial charge in [0.05, 0.1) is 6.42 Å². The minimum absolute atomic E-state index is 0.153. The Hall–Kier alpha value is -2.04. The number of anilines is 1. The van der Waals surface area contributed by atoms with Crippen molar-refractivity contribution in [3.05, 3.63) is 29.3 Å². The zero-order valence-electron chi connectivity index (χ0n) is 8.41. The maximum absolute atomic E-state index is 10.8. The molecule has 0 heterocycles. The monoisotopic (exact) mass is 207 g/mol. The number of aryl methyl sites for hydroxylation is 1. The SMILES string of the molecule is Cc1ccc(NC(N)=O)cc1CC(N)=O. The highest BCUT2D eigenvalue weighted by Gasteiger charge is 2.04. The molecule has 0 saturated heterocycles. The van der Waals surface area contributed by atoms with Gasteiger partial charge in [0.25, 0.3) is 0 Å². The molecule has 5 nitrogen and oxygen atoms in total. The van der Waals surface area contributed by atoms with E-state index in [4.69, 9.17) is 11.5 Å². The van der Waals surface area contributed by atoms with Crippen molar-refractivity contribution in [2.75, 3.05) is 5.32 Å². The zero-order chi connectivity index (χ0) is 11.4. The molecule has 80 valence electrons. The van der Waals surface area contributed by atoms with Crippen LogP contribution in [0, 0.1) is 6.92 Å². The van der Waals surface area contributed by atoms with Crippen LogP contribution in [0.1, 0.15) is 11.1 Å². The van der Waals surface area contributed by atoms with Crippen molar-refractivity contribution in [3.63, 3.8) is 0 Å². The summed E-state index contributed by atoms with van der Waals surface area (Å²) in [4.78, 5) is 21.4. The molecule has 0 aliphatic rings. The van der Waals surface area contributed by atoms with Crippen molar-refractivity contribution < 1.29 is 9.59 Å². The van der Waals surface area contributed by atoms with Gasteiger partial charge in [0.1, 0.15) is 0 Å². The number of nitrogens with one attached hydrogen (secondary N) is 1. The summed E-state index contributed by atoms with van der Waals surface area (Å²) in [5, 5.41) is 2.43. The molecule has 5 N–H and O–H groups in total. The lowest BCUT2D eigenvalue weighted by Crippen LogP contribution is -2.20. The molecule has 0 fully saturated rings. The van der Waals surface area contributed by atoms with Gasteiger partial charge < -0.3 is 16.8 Å². The van der Waals surface area contributed by atoms with Crippen molar-refractivity contribution in [2.45, 2.75) is 13.3 Å². The molecule has 0 aromatic heterocycles. The minimum atomic E-state index is -0.635. The van der Waals surface area contributed by atoms with E-state index in [0.29, 0.717) is 5.69 Å². The smallest absolute Gasteiger partial charge is 0.316 e. The van der Waals surface area contributed by atoms with Crippen LogP contribution in [0.2, 0.25) is 0 Å². The van der Waals surface area contributed by atoms with Crippen molar-refractivity contribution in [1.82, 2.24) is 0 Å². The van der Waals surface area contributed by atoms with Gasteiger partial charge in [-0.05, 0) is 30.2 Å². The molecule has 0 saturated carbocycles. The van der Waals surface area contributed by atoms with Gasteiger partial charge in [-0.2, -0.15) is 0 Å². The molecule has 0 atom stereocenters. The number of primary amides is 2. The summed E-state index contributed by atoms with van der Waals surface area (Å²) < 4.78 is 0. The molecule has 1 aromatic carbocycles. The van der Waals surface area contributed by atoms with Gasteiger partial charge in [-0.3, -0.25) is 4.79 Å². The van der Waals surface area contributed by atoms with Crippen LogP contribution in [-0.4, -0.2) is 11.9 Å². The molecule has 0 aliphatic carbocycles. The number of hydrogen-bond donors (Lipinski definition) is 3. The highest BCUT2D eigenvalue weighted by molar-refractivity contribution is 5.88. The van der Waals surface area contributed by atoms with Crippen LogP contribution in [0.5, 0.6) is 0 Å². The van der Waals surface area contributed by atoms with Crippen LogP contribution in [0.4, 0.5) is 10.5 Å². The van der Waals surface area contributed by atoms with Crippen LogP contribution in [0.3, 0.4) is 0 Å². The summed E-state index contributed by atoms with van der Waals surface area (Å²) >= 11 is 0. The quantitative estimate of drug-likeness (QED) is 0.673. The second-order valence-electron chi connectivity index (χ2n) is 3.27. The maximum Gasteiger partial charge on any atom is 0.316 e. The molecular weight excluding hydrogens is 194 g/mol. The zero-order valence-corrected chi connectivity index (χ0v) is 8.41. The average molecular weight is 207 g/mol. The number of carbonyl (C=O) groups excluding carboxylic acids is 2. The Morgan fingerprint density at radius 3 is 2.53 bits per heavy atom. The first-order valence-corrected chi connectivity index (χ1v) is 4.43. The average Bonchev–Trinajstić information content (AvgIpc) is 2.09. The third kappa shape index (κ3) is 3.30. The highest BCUT2D eigenvalue weighted by Crippen LogP contribution is 2.15. The fourth-order valence-corrected chi connectivity index (χ4v) is 1.27. The largest absolute Gasteiger partial charge is 0.369 e. The highest BCUT2D eigenvalue weighted by atomic mass is 16.2. The summed E-state index contributed by atoms with van der Waals surface area (Å²) in [6, 6.07) is 4.56. The maximum atomic E-state index is 10.8. The predicted molar refractivity (Wildman–Crippen MR) is 57.3 cm³/mol. The molecule has 0 radical (unpaired) electrons. The van der Waals surface area contributed by atoms with Gasteiger partial charge in [0.15, 0.2) is 0 Å². The van der Waals surface area contributed by atoms with Crippen LogP contribution < -0.4 is 16.8 Å². The molecule has 0 aliphatic heterocycles. The van der Waals surface area contributed by atoms with Gasteiger partial charge in [-0.15, -0.1) is 0 Å². The topological polar surface area (TPSA) is 98.2 Å². The second kappa shape index (κ2) is 4.45. The molecular formula is C10H13N3O2. The first-order chi connectivity index (χ1) is 6.99. The number of urea groups is 1. The number of hydrogen-bond acceptors (Lipinski definition) is 2. The van der Waals surface area contributed by atoms with Crippen LogP contribution in [0.15, 0.2) is 18.2 Å². The molecule has 0 unspecified atom stereocenters. The van der Waals surface area contributed by atoms with Crippen molar-refractivity contribution in [1.29, 1.82) is 0 Å². The molecule has 3 amide bonds. The van der Waals surface area contributed by atoms with Gasteiger partial charge in [0.2, 0.25) is 5.91 Å². The van der Waals surface area contributed by atoms with E-state index in [9.17, 15) is 9.59 Å². The fourth-order valence-electron chi connectivity index (χ4n) is 1.27. The molecule has 15 heavy (non-hydrogen) atoms. The minimum Gasteiger partial charge on any atom is -0.369 e. The Morgan fingerprint density at radius 2 is 2.00 bits per heavy atom. The summed E-state index contributed by atoms with van der Waals surface area (Å²) in [6.45, 7) is 1.87. The first kappa shape index (κ1) is 11.0. The standard InChI is InChI=1S/C10H13N3O2/c1-6-2-3-8(13-10(12)15)4-7(6)5-9(11)14/h2-4H,5H2,1H3,(H2,11,14)(H3,12,13,15). The normalized spacial score (nSPS) is 9.67. The third-order valence-corrected chi connectivity index (χ3v) is 1.98. The number of nitrogens with two attached hydrogens (primary N) is 2. The van der Waals surface area contributed by atoms with Gasteiger partial charge in [-0.1, -0.05) is 6.07 Å². The van der Waals surface area contributed by atoms with Crippen molar-refractivity contribution >= 4 is 17.6 Å². The van der Waals surface area contributed by atoms with Gasteiger partial charge in [0, 0.05) is 5.69 Å². The summed E-state index contributed by atoms with van der Waals surface area (Å²) in [5.74, 6) is -0.408. The van der Waals surface area contributed by atoms with E-state index in [-0.39, 0.29) is 6.42 Å². The molecule has 1 rings (SSSR count). The van der Waals surface area contributed by atoms with Crippen molar-refractivity contribution in [3.8, 4) is 0 Å². The number of benzene rings is 1. The Labute approximate surface area is 87.4 Å². The van der Waals surface area contributed by atoms with E-state index in [1.165, 1.54) is 0 Å². The number of amides is 3. The lowest BCUT2D eigenvalue weighted by atomic mass is 10.0. The van der Waals surface area contributed by atoms with Crippen LogP contribution in [0.25, 0.3) is 0 Å². The fraction of sp³-hybridized carbons (Fsp3) is 0.200.